The van der Waals surface area contributed by atoms with Crippen molar-refractivity contribution < 1.29 is 9.84 Å². The van der Waals surface area contributed by atoms with Gasteiger partial charge in [-0.1, -0.05) is 24.3 Å². The largest absolute Gasteiger partial charge is 0.388 e. The molecule has 2 unspecified atom stereocenters. The van der Waals surface area contributed by atoms with Gasteiger partial charge in [0.05, 0.1) is 22.6 Å². The molecule has 1 aromatic carbocycles. The van der Waals surface area contributed by atoms with Crippen LogP contribution in [0.5, 0.6) is 0 Å². The Morgan fingerprint density at radius 3 is 3.05 bits per heavy atom. The van der Waals surface area contributed by atoms with Gasteiger partial charge in [-0.25, -0.2) is 0 Å². The smallest absolute Gasteiger partial charge is 0.0855 e. The summed E-state index contributed by atoms with van der Waals surface area (Å²) in [7, 11) is 0. The maximum Gasteiger partial charge on any atom is 0.0855 e. The first-order valence-electron chi connectivity index (χ1n) is 6.35. The average molecular weight is 339 g/mol. The number of rotatable bonds is 3. The van der Waals surface area contributed by atoms with Crippen molar-refractivity contribution in [2.75, 3.05) is 6.61 Å². The quantitative estimate of drug-likeness (QED) is 0.906. The van der Waals surface area contributed by atoms with Crippen LogP contribution in [-0.4, -0.2) is 11.7 Å². The van der Waals surface area contributed by atoms with Gasteiger partial charge in [0.1, 0.15) is 0 Å². The van der Waals surface area contributed by atoms with Crippen LogP contribution in [0.4, 0.5) is 0 Å². The van der Waals surface area contributed by atoms with Crippen LogP contribution in [0.25, 0.3) is 0 Å². The van der Waals surface area contributed by atoms with Gasteiger partial charge in [0.15, 0.2) is 0 Å². The molecule has 2 atom stereocenters. The van der Waals surface area contributed by atoms with E-state index in [0.29, 0.717) is 6.42 Å². The van der Waals surface area contributed by atoms with E-state index in [4.69, 9.17) is 4.74 Å². The number of halogens is 1. The number of thiophene rings is 1. The molecule has 2 nitrogen and oxygen atoms in total. The molecular weight excluding hydrogens is 324 g/mol. The minimum absolute atomic E-state index is 0.00127. The van der Waals surface area contributed by atoms with Gasteiger partial charge in [-0.2, -0.15) is 0 Å². The van der Waals surface area contributed by atoms with Crippen LogP contribution in [0.15, 0.2) is 39.5 Å². The zero-order chi connectivity index (χ0) is 13.2. The predicted molar refractivity (Wildman–Crippen MR) is 80.4 cm³/mol. The number of hydrogen-bond donors (Lipinski definition) is 1. The topological polar surface area (TPSA) is 29.5 Å². The lowest BCUT2D eigenvalue weighted by Crippen LogP contribution is -2.18. The van der Waals surface area contributed by atoms with Crippen LogP contribution in [0.2, 0.25) is 0 Å². The van der Waals surface area contributed by atoms with Crippen LogP contribution in [0, 0.1) is 0 Å². The fraction of sp³-hybridized carbons (Fsp3) is 0.333. The molecule has 0 radical (unpaired) electrons. The zero-order valence-electron chi connectivity index (χ0n) is 10.4. The molecule has 0 fully saturated rings. The Balaban J connectivity index is 1.77. The molecule has 0 saturated carbocycles. The molecule has 0 amide bonds. The molecule has 4 heteroatoms. The van der Waals surface area contributed by atoms with E-state index in [1.54, 1.807) is 11.3 Å². The molecule has 1 aromatic heterocycles. The molecular formula is C15H15BrO2S. The lowest BCUT2D eigenvalue weighted by atomic mass is 9.93. The van der Waals surface area contributed by atoms with Crippen LogP contribution in [-0.2, 0) is 11.2 Å². The molecule has 100 valence electrons. The summed E-state index contributed by atoms with van der Waals surface area (Å²) < 4.78 is 6.88. The van der Waals surface area contributed by atoms with Crippen LogP contribution < -0.4 is 0 Å². The third-order valence-electron chi connectivity index (χ3n) is 3.50. The molecule has 3 rings (SSSR count). The van der Waals surface area contributed by atoms with Crippen molar-refractivity contribution >= 4 is 27.3 Å². The van der Waals surface area contributed by atoms with Gasteiger partial charge in [0.25, 0.3) is 0 Å². The van der Waals surface area contributed by atoms with Gasteiger partial charge in [0.2, 0.25) is 0 Å². The third-order valence-corrected chi connectivity index (χ3v) is 5.02. The first kappa shape index (κ1) is 13.3. The van der Waals surface area contributed by atoms with E-state index >= 15 is 0 Å². The molecule has 0 aliphatic carbocycles. The van der Waals surface area contributed by atoms with Gasteiger partial charge < -0.3 is 9.84 Å². The Morgan fingerprint density at radius 1 is 1.42 bits per heavy atom. The van der Waals surface area contributed by atoms with Crippen molar-refractivity contribution in [3.8, 4) is 0 Å². The van der Waals surface area contributed by atoms with Gasteiger partial charge in [-0.05, 0) is 50.5 Å². The number of hydrogen-bond acceptors (Lipinski definition) is 3. The Labute approximate surface area is 125 Å². The zero-order valence-corrected chi connectivity index (χ0v) is 12.8. The lowest BCUT2D eigenvalue weighted by molar-refractivity contribution is 0.00385. The van der Waals surface area contributed by atoms with Crippen molar-refractivity contribution in [1.29, 1.82) is 0 Å². The standard InChI is InChI=1S/C15H15BrO2S/c16-15-7-11(9-19-15)13(17)8-14-12-4-2-1-3-10(12)5-6-18-14/h1-4,7,9,13-14,17H,5-6,8H2. The van der Waals surface area contributed by atoms with E-state index in [1.807, 2.05) is 17.5 Å². The minimum atomic E-state index is -0.473. The first-order valence-corrected chi connectivity index (χ1v) is 8.02. The fourth-order valence-corrected chi connectivity index (χ4v) is 3.73. The Morgan fingerprint density at radius 2 is 2.26 bits per heavy atom. The highest BCUT2D eigenvalue weighted by molar-refractivity contribution is 9.11. The first-order chi connectivity index (χ1) is 9.24. The van der Waals surface area contributed by atoms with E-state index in [2.05, 4.69) is 34.1 Å². The predicted octanol–water partition coefficient (Wildman–Crippen LogP) is 4.25. The lowest BCUT2D eigenvalue weighted by Gasteiger charge is -2.27. The highest BCUT2D eigenvalue weighted by Crippen LogP contribution is 2.35. The summed E-state index contributed by atoms with van der Waals surface area (Å²) in [5, 5.41) is 12.3. The number of aliphatic hydroxyl groups excluding tert-OH is 1. The van der Waals surface area contributed by atoms with E-state index in [0.717, 1.165) is 22.4 Å². The van der Waals surface area contributed by atoms with Crippen LogP contribution in [0.3, 0.4) is 0 Å². The molecule has 2 heterocycles. The summed E-state index contributed by atoms with van der Waals surface area (Å²) in [4.78, 5) is 0. The highest BCUT2D eigenvalue weighted by Gasteiger charge is 2.24. The van der Waals surface area contributed by atoms with Crippen LogP contribution >= 0.6 is 27.3 Å². The molecule has 1 aliphatic rings. The maximum absolute atomic E-state index is 10.3. The Bertz CT molecular complexity index is 567. The highest BCUT2D eigenvalue weighted by atomic mass is 79.9. The van der Waals surface area contributed by atoms with E-state index in [1.165, 1.54) is 11.1 Å². The van der Waals surface area contributed by atoms with Crippen molar-refractivity contribution in [3.63, 3.8) is 0 Å². The summed E-state index contributed by atoms with van der Waals surface area (Å²) >= 11 is 5.02. The second kappa shape index (κ2) is 5.75. The molecule has 19 heavy (non-hydrogen) atoms. The molecule has 1 N–H and O–H groups in total. The number of aliphatic hydroxyl groups is 1. The molecule has 1 aliphatic heterocycles. The number of benzene rings is 1. The average Bonchev–Trinajstić information content (AvgIpc) is 2.86. The summed E-state index contributed by atoms with van der Waals surface area (Å²) in [6, 6.07) is 10.3. The monoisotopic (exact) mass is 338 g/mol. The van der Waals surface area contributed by atoms with E-state index < -0.39 is 6.10 Å². The van der Waals surface area contributed by atoms with E-state index in [-0.39, 0.29) is 6.10 Å². The molecule has 0 spiro atoms. The molecule has 0 saturated heterocycles. The summed E-state index contributed by atoms with van der Waals surface area (Å²) in [6.07, 6.45) is 1.10. The molecule has 0 bridgehead atoms. The van der Waals surface area contributed by atoms with Crippen molar-refractivity contribution in [1.82, 2.24) is 0 Å². The fourth-order valence-electron chi connectivity index (χ4n) is 2.51. The maximum atomic E-state index is 10.3. The normalized spacial score (nSPS) is 20.0. The van der Waals surface area contributed by atoms with Crippen LogP contribution in [0.1, 0.15) is 35.3 Å². The minimum Gasteiger partial charge on any atom is -0.388 e. The summed E-state index contributed by atoms with van der Waals surface area (Å²) in [5.74, 6) is 0. The van der Waals surface area contributed by atoms with Crippen molar-refractivity contribution in [3.05, 3.63) is 56.2 Å². The Hall–Kier alpha value is -0.680. The van der Waals surface area contributed by atoms with Gasteiger partial charge in [-0.15, -0.1) is 11.3 Å². The van der Waals surface area contributed by atoms with Crippen molar-refractivity contribution in [2.45, 2.75) is 25.0 Å². The Kier molecular flexibility index (Phi) is 4.03. The second-order valence-corrected chi connectivity index (χ2v) is 7.03. The summed E-state index contributed by atoms with van der Waals surface area (Å²) in [6.45, 7) is 0.738. The van der Waals surface area contributed by atoms with Gasteiger partial charge in [-0.3, -0.25) is 0 Å². The van der Waals surface area contributed by atoms with Gasteiger partial charge >= 0.3 is 0 Å². The number of ether oxygens (including phenoxy) is 1. The van der Waals surface area contributed by atoms with Crippen molar-refractivity contribution in [2.24, 2.45) is 0 Å². The van der Waals surface area contributed by atoms with Gasteiger partial charge in [0, 0.05) is 6.42 Å². The van der Waals surface area contributed by atoms with E-state index in [9.17, 15) is 5.11 Å². The number of fused-ring (bicyclic) bond motifs is 1. The second-order valence-electron chi connectivity index (χ2n) is 4.74. The SMILES string of the molecule is OC(CC1OCCc2ccccc21)c1csc(Br)c1. The third kappa shape index (κ3) is 2.92. The molecule has 2 aromatic rings. The summed E-state index contributed by atoms with van der Waals surface area (Å²) in [5.41, 5.74) is 3.53.